The Bertz CT molecular complexity index is 1030. The molecule has 0 saturated carbocycles. The molecule has 0 aliphatic rings. The molecule has 0 spiro atoms. The van der Waals surface area contributed by atoms with Crippen LogP contribution < -0.4 is 14.8 Å². The number of amides is 1. The molecule has 0 saturated heterocycles. The summed E-state index contributed by atoms with van der Waals surface area (Å²) in [5.41, 5.74) is -1.39. The van der Waals surface area contributed by atoms with Crippen LogP contribution in [0, 0.1) is 5.82 Å². The lowest BCUT2D eigenvalue weighted by atomic mass is 10.2. The standard InChI is InChI=1S/C17H15ClF4N2O4S/c1-9(24-29(26,27)15-7-10(19)3-6-14(15)28-2)16(25)23-11-4-5-13(18)12(8-11)17(20,21)22/h3-9,24H,1-2H3,(H,23,25). The third kappa shape index (κ3) is 5.58. The number of anilines is 1. The average molecular weight is 455 g/mol. The van der Waals surface area contributed by atoms with Crippen LogP contribution in [0.1, 0.15) is 12.5 Å². The van der Waals surface area contributed by atoms with Gasteiger partial charge in [0.05, 0.1) is 23.7 Å². The van der Waals surface area contributed by atoms with Gasteiger partial charge < -0.3 is 10.1 Å². The molecule has 1 unspecified atom stereocenters. The van der Waals surface area contributed by atoms with Gasteiger partial charge >= 0.3 is 6.18 Å². The molecule has 2 aromatic rings. The topological polar surface area (TPSA) is 84.5 Å². The van der Waals surface area contributed by atoms with Crippen LogP contribution in [0.25, 0.3) is 0 Å². The normalized spacial score (nSPS) is 13.1. The fraction of sp³-hybridized carbons (Fsp3) is 0.235. The van der Waals surface area contributed by atoms with E-state index in [-0.39, 0.29) is 11.4 Å². The number of rotatable bonds is 6. The maximum Gasteiger partial charge on any atom is 0.417 e. The SMILES string of the molecule is COc1ccc(F)cc1S(=O)(=O)NC(C)C(=O)Nc1ccc(Cl)c(C(F)(F)F)c1. The van der Waals surface area contributed by atoms with E-state index in [0.717, 1.165) is 24.3 Å². The van der Waals surface area contributed by atoms with Crippen molar-refractivity contribution in [1.82, 2.24) is 4.72 Å². The number of carbonyl (C=O) groups is 1. The molecule has 158 valence electrons. The van der Waals surface area contributed by atoms with Crippen molar-refractivity contribution in [3.05, 3.63) is 52.8 Å². The Labute approximate surface area is 168 Å². The van der Waals surface area contributed by atoms with Gasteiger partial charge in [0, 0.05) is 5.69 Å². The van der Waals surface area contributed by atoms with E-state index in [4.69, 9.17) is 16.3 Å². The summed E-state index contributed by atoms with van der Waals surface area (Å²) >= 11 is 5.51. The number of halogens is 5. The number of alkyl halides is 3. The van der Waals surface area contributed by atoms with Crippen molar-refractivity contribution >= 4 is 33.2 Å². The van der Waals surface area contributed by atoms with Gasteiger partial charge in [0.1, 0.15) is 16.5 Å². The summed E-state index contributed by atoms with van der Waals surface area (Å²) in [6, 6.07) is 4.10. The molecule has 0 aliphatic carbocycles. The van der Waals surface area contributed by atoms with Gasteiger partial charge in [-0.2, -0.15) is 17.9 Å². The summed E-state index contributed by atoms with van der Waals surface area (Å²) in [6.07, 6.45) is -4.74. The van der Waals surface area contributed by atoms with Crippen molar-refractivity contribution in [3.8, 4) is 5.75 Å². The van der Waals surface area contributed by atoms with Crippen molar-refractivity contribution in [2.45, 2.75) is 24.0 Å². The van der Waals surface area contributed by atoms with Crippen LogP contribution in [0.15, 0.2) is 41.3 Å². The zero-order valence-corrected chi connectivity index (χ0v) is 16.5. The van der Waals surface area contributed by atoms with E-state index < -0.39 is 49.4 Å². The Balaban J connectivity index is 2.20. The molecule has 0 heterocycles. The van der Waals surface area contributed by atoms with Crippen LogP contribution in [0.3, 0.4) is 0 Å². The van der Waals surface area contributed by atoms with Gasteiger partial charge in [-0.1, -0.05) is 11.6 Å². The predicted molar refractivity (Wildman–Crippen MR) is 97.8 cm³/mol. The first-order valence-corrected chi connectivity index (χ1v) is 9.74. The molecule has 6 nitrogen and oxygen atoms in total. The number of hydrogen-bond acceptors (Lipinski definition) is 4. The fourth-order valence-corrected chi connectivity index (χ4v) is 3.89. The van der Waals surface area contributed by atoms with Crippen molar-refractivity contribution in [3.63, 3.8) is 0 Å². The van der Waals surface area contributed by atoms with Crippen molar-refractivity contribution in [1.29, 1.82) is 0 Å². The number of methoxy groups -OCH3 is 1. The molecule has 1 amide bonds. The van der Waals surface area contributed by atoms with E-state index in [1.165, 1.54) is 14.0 Å². The second kappa shape index (κ2) is 8.56. The molecule has 0 radical (unpaired) electrons. The van der Waals surface area contributed by atoms with E-state index in [2.05, 4.69) is 5.32 Å². The van der Waals surface area contributed by atoms with E-state index in [1.54, 1.807) is 0 Å². The molecule has 0 aromatic heterocycles. The van der Waals surface area contributed by atoms with E-state index in [1.807, 2.05) is 4.72 Å². The van der Waals surface area contributed by atoms with Gasteiger partial charge in [0.25, 0.3) is 0 Å². The zero-order valence-electron chi connectivity index (χ0n) is 15.0. The van der Waals surface area contributed by atoms with E-state index >= 15 is 0 Å². The maximum absolute atomic E-state index is 13.4. The second-order valence-electron chi connectivity index (χ2n) is 5.82. The summed E-state index contributed by atoms with van der Waals surface area (Å²) < 4.78 is 84.0. The molecule has 0 bridgehead atoms. The predicted octanol–water partition coefficient (Wildman–Crippen LogP) is 3.81. The average Bonchev–Trinajstić information content (AvgIpc) is 2.61. The minimum atomic E-state index is -4.74. The van der Waals surface area contributed by atoms with Gasteiger partial charge in [-0.3, -0.25) is 4.79 Å². The van der Waals surface area contributed by atoms with Gasteiger partial charge in [-0.05, 0) is 43.3 Å². The highest BCUT2D eigenvalue weighted by molar-refractivity contribution is 7.89. The minimum absolute atomic E-state index is 0.154. The van der Waals surface area contributed by atoms with Crippen LogP contribution in [0.4, 0.5) is 23.2 Å². The van der Waals surface area contributed by atoms with Crippen LogP contribution in [0.5, 0.6) is 5.75 Å². The maximum atomic E-state index is 13.4. The monoisotopic (exact) mass is 454 g/mol. The Kier molecular flexibility index (Phi) is 6.76. The Morgan fingerprint density at radius 1 is 1.17 bits per heavy atom. The van der Waals surface area contributed by atoms with Crippen LogP contribution >= 0.6 is 11.6 Å². The van der Waals surface area contributed by atoms with E-state index in [9.17, 15) is 30.8 Å². The molecule has 0 aliphatic heterocycles. The largest absolute Gasteiger partial charge is 0.495 e. The summed E-state index contributed by atoms with van der Waals surface area (Å²) in [5, 5.41) is 1.61. The molecular formula is C17H15ClF4N2O4S. The number of hydrogen-bond donors (Lipinski definition) is 2. The van der Waals surface area contributed by atoms with E-state index in [0.29, 0.717) is 12.1 Å². The summed E-state index contributed by atoms with van der Waals surface area (Å²) in [7, 11) is -3.20. The molecular weight excluding hydrogens is 440 g/mol. The number of sulfonamides is 1. The lowest BCUT2D eigenvalue weighted by Crippen LogP contribution is -2.41. The van der Waals surface area contributed by atoms with Crippen LogP contribution in [-0.4, -0.2) is 27.5 Å². The molecule has 0 fully saturated rings. The lowest BCUT2D eigenvalue weighted by molar-refractivity contribution is -0.137. The third-order valence-electron chi connectivity index (χ3n) is 3.68. The van der Waals surface area contributed by atoms with Gasteiger partial charge in [-0.15, -0.1) is 0 Å². The van der Waals surface area contributed by atoms with Gasteiger partial charge in [0.2, 0.25) is 15.9 Å². The Morgan fingerprint density at radius 2 is 1.83 bits per heavy atom. The van der Waals surface area contributed by atoms with Gasteiger partial charge in [0.15, 0.2) is 0 Å². The summed E-state index contributed by atoms with van der Waals surface area (Å²) in [5.74, 6) is -1.94. The quantitative estimate of drug-likeness (QED) is 0.650. The first-order chi connectivity index (χ1) is 13.3. The minimum Gasteiger partial charge on any atom is -0.495 e. The number of nitrogens with one attached hydrogen (secondary N) is 2. The molecule has 2 rings (SSSR count). The first-order valence-electron chi connectivity index (χ1n) is 7.88. The zero-order chi connectivity index (χ0) is 22.0. The van der Waals surface area contributed by atoms with Crippen molar-refractivity contribution in [2.24, 2.45) is 0 Å². The Morgan fingerprint density at radius 3 is 2.41 bits per heavy atom. The van der Waals surface area contributed by atoms with Gasteiger partial charge in [-0.25, -0.2) is 12.8 Å². The van der Waals surface area contributed by atoms with Crippen LogP contribution in [-0.2, 0) is 21.0 Å². The highest BCUT2D eigenvalue weighted by Gasteiger charge is 2.33. The number of carbonyl (C=O) groups excluding carboxylic acids is 1. The summed E-state index contributed by atoms with van der Waals surface area (Å²) in [4.78, 5) is 11.7. The second-order valence-corrected chi connectivity index (χ2v) is 7.91. The Hall–Kier alpha value is -2.37. The lowest BCUT2D eigenvalue weighted by Gasteiger charge is -2.17. The molecule has 2 aromatic carbocycles. The summed E-state index contributed by atoms with van der Waals surface area (Å²) in [6.45, 7) is 1.17. The fourth-order valence-electron chi connectivity index (χ4n) is 2.28. The first kappa shape index (κ1) is 22.9. The third-order valence-corrected chi connectivity index (χ3v) is 5.57. The number of ether oxygens (including phenoxy) is 1. The smallest absolute Gasteiger partial charge is 0.417 e. The highest BCUT2D eigenvalue weighted by Crippen LogP contribution is 2.36. The highest BCUT2D eigenvalue weighted by atomic mass is 35.5. The molecule has 29 heavy (non-hydrogen) atoms. The van der Waals surface area contributed by atoms with Crippen LogP contribution in [0.2, 0.25) is 5.02 Å². The molecule has 12 heteroatoms. The molecule has 2 N–H and O–H groups in total. The number of benzene rings is 2. The van der Waals surface area contributed by atoms with Crippen molar-refractivity contribution in [2.75, 3.05) is 12.4 Å². The van der Waals surface area contributed by atoms with Crippen molar-refractivity contribution < 1.29 is 35.5 Å². The molecule has 1 atom stereocenters.